The van der Waals surface area contributed by atoms with Crippen LogP contribution in [0.3, 0.4) is 0 Å². The number of ether oxygens (including phenoxy) is 1. The molecule has 1 aliphatic heterocycles. The molecule has 3 heterocycles. The zero-order chi connectivity index (χ0) is 17.8. The molecule has 0 aromatic carbocycles. The standard InChI is InChI=1S/C18H26FN5O/c1-22(9-14-4-5-18(25-3)20-7-14)13-17-6-16(19)12-24(17)11-15-8-21-23(2)10-15/h4-5,7-8,10,16-17H,6,9,11-13H2,1-3H3/t16-,17-/m0/s1. The molecule has 0 amide bonds. The van der Waals surface area contributed by atoms with Crippen LogP contribution in [-0.4, -0.2) is 64.0 Å². The molecule has 1 saturated heterocycles. The molecule has 2 atom stereocenters. The number of alkyl halides is 1. The molecule has 0 bridgehead atoms. The minimum atomic E-state index is -0.752. The zero-order valence-electron chi connectivity index (χ0n) is 15.1. The van der Waals surface area contributed by atoms with Crippen molar-refractivity contribution in [3.8, 4) is 5.88 Å². The van der Waals surface area contributed by atoms with Crippen LogP contribution >= 0.6 is 0 Å². The monoisotopic (exact) mass is 347 g/mol. The molecule has 2 aromatic heterocycles. The molecular formula is C18H26FN5O. The number of halogens is 1. The van der Waals surface area contributed by atoms with E-state index in [4.69, 9.17) is 4.74 Å². The molecule has 25 heavy (non-hydrogen) atoms. The van der Waals surface area contributed by atoms with E-state index in [2.05, 4.69) is 26.9 Å². The number of rotatable bonds is 7. The highest BCUT2D eigenvalue weighted by Crippen LogP contribution is 2.23. The second-order valence-electron chi connectivity index (χ2n) is 6.84. The molecule has 0 unspecified atom stereocenters. The van der Waals surface area contributed by atoms with E-state index < -0.39 is 6.17 Å². The Labute approximate surface area is 148 Å². The first-order chi connectivity index (χ1) is 12.0. The predicted octanol–water partition coefficient (Wildman–Crippen LogP) is 1.87. The maximum absolute atomic E-state index is 14.0. The first-order valence-corrected chi connectivity index (χ1v) is 8.56. The second kappa shape index (κ2) is 7.93. The van der Waals surface area contributed by atoms with Crippen LogP contribution in [0.1, 0.15) is 17.5 Å². The molecule has 1 fully saturated rings. The second-order valence-corrected chi connectivity index (χ2v) is 6.84. The van der Waals surface area contributed by atoms with Crippen LogP contribution < -0.4 is 4.74 Å². The van der Waals surface area contributed by atoms with Crippen molar-refractivity contribution in [1.82, 2.24) is 24.6 Å². The topological polar surface area (TPSA) is 46.4 Å². The van der Waals surface area contributed by atoms with Crippen molar-refractivity contribution in [1.29, 1.82) is 0 Å². The highest BCUT2D eigenvalue weighted by molar-refractivity contribution is 5.17. The lowest BCUT2D eigenvalue weighted by molar-refractivity contribution is 0.180. The van der Waals surface area contributed by atoms with Gasteiger partial charge in [-0.3, -0.25) is 9.58 Å². The van der Waals surface area contributed by atoms with Crippen molar-refractivity contribution in [2.45, 2.75) is 31.7 Å². The Kier molecular flexibility index (Phi) is 5.65. The van der Waals surface area contributed by atoms with Gasteiger partial charge in [-0.05, 0) is 19.0 Å². The first-order valence-electron chi connectivity index (χ1n) is 8.56. The van der Waals surface area contributed by atoms with Crippen molar-refractivity contribution in [3.63, 3.8) is 0 Å². The summed E-state index contributed by atoms with van der Waals surface area (Å²) in [5.74, 6) is 0.616. The molecule has 0 saturated carbocycles. The summed E-state index contributed by atoms with van der Waals surface area (Å²) in [4.78, 5) is 8.69. The molecule has 1 aliphatic rings. The summed E-state index contributed by atoms with van der Waals surface area (Å²) in [6.07, 6.45) is 5.52. The highest BCUT2D eigenvalue weighted by atomic mass is 19.1. The Morgan fingerprint density at radius 1 is 1.32 bits per heavy atom. The van der Waals surface area contributed by atoms with E-state index in [9.17, 15) is 4.39 Å². The minimum absolute atomic E-state index is 0.214. The van der Waals surface area contributed by atoms with E-state index in [-0.39, 0.29) is 6.04 Å². The number of nitrogens with zero attached hydrogens (tertiary/aromatic N) is 5. The van der Waals surface area contributed by atoms with Crippen LogP contribution in [0, 0.1) is 0 Å². The highest BCUT2D eigenvalue weighted by Gasteiger charge is 2.32. The number of pyridine rings is 1. The van der Waals surface area contributed by atoms with Gasteiger partial charge in [0.25, 0.3) is 0 Å². The van der Waals surface area contributed by atoms with Gasteiger partial charge in [0, 0.05) is 63.3 Å². The van der Waals surface area contributed by atoms with Gasteiger partial charge < -0.3 is 9.64 Å². The maximum atomic E-state index is 14.0. The number of likely N-dealkylation sites (N-methyl/N-ethyl adjacent to an activating group) is 1. The van der Waals surface area contributed by atoms with E-state index in [1.807, 2.05) is 37.8 Å². The number of aryl methyl sites for hydroxylation is 1. The molecular weight excluding hydrogens is 321 g/mol. The summed E-state index contributed by atoms with van der Waals surface area (Å²) in [6.45, 7) is 2.85. The lowest BCUT2D eigenvalue weighted by Crippen LogP contribution is -2.38. The van der Waals surface area contributed by atoms with Crippen LogP contribution in [0.4, 0.5) is 4.39 Å². The third kappa shape index (κ3) is 4.76. The summed E-state index contributed by atoms with van der Waals surface area (Å²) >= 11 is 0. The van der Waals surface area contributed by atoms with Crippen molar-refractivity contribution in [2.75, 3.05) is 27.2 Å². The van der Waals surface area contributed by atoms with Gasteiger partial charge in [-0.2, -0.15) is 5.10 Å². The Morgan fingerprint density at radius 2 is 2.16 bits per heavy atom. The number of hydrogen-bond donors (Lipinski definition) is 0. The summed E-state index contributed by atoms with van der Waals surface area (Å²) in [5.41, 5.74) is 2.25. The van der Waals surface area contributed by atoms with Crippen molar-refractivity contribution < 1.29 is 9.13 Å². The molecule has 6 nitrogen and oxygen atoms in total. The molecule has 2 aromatic rings. The van der Waals surface area contributed by atoms with E-state index >= 15 is 0 Å². The van der Waals surface area contributed by atoms with E-state index in [0.29, 0.717) is 18.8 Å². The molecule has 0 aliphatic carbocycles. The van der Waals surface area contributed by atoms with Gasteiger partial charge in [-0.15, -0.1) is 0 Å². The quantitative estimate of drug-likeness (QED) is 0.765. The summed E-state index contributed by atoms with van der Waals surface area (Å²) in [5, 5.41) is 4.20. The molecule has 3 rings (SSSR count). The summed E-state index contributed by atoms with van der Waals surface area (Å²) in [6, 6.07) is 4.10. The summed E-state index contributed by atoms with van der Waals surface area (Å²) in [7, 11) is 5.58. The average Bonchev–Trinajstić information content (AvgIpc) is 3.14. The van der Waals surface area contributed by atoms with E-state index in [1.54, 1.807) is 11.8 Å². The number of hydrogen-bond acceptors (Lipinski definition) is 5. The lowest BCUT2D eigenvalue weighted by Gasteiger charge is -2.28. The maximum Gasteiger partial charge on any atom is 0.212 e. The smallest absolute Gasteiger partial charge is 0.212 e. The predicted molar refractivity (Wildman–Crippen MR) is 94.0 cm³/mol. The van der Waals surface area contributed by atoms with Gasteiger partial charge >= 0.3 is 0 Å². The van der Waals surface area contributed by atoms with Gasteiger partial charge in [0.05, 0.1) is 13.3 Å². The van der Waals surface area contributed by atoms with Gasteiger partial charge in [0.2, 0.25) is 5.88 Å². The van der Waals surface area contributed by atoms with Crippen LogP contribution in [0.2, 0.25) is 0 Å². The van der Waals surface area contributed by atoms with Gasteiger partial charge in [0.1, 0.15) is 6.17 Å². The van der Waals surface area contributed by atoms with Crippen LogP contribution in [0.15, 0.2) is 30.7 Å². The van der Waals surface area contributed by atoms with Gasteiger partial charge in [0.15, 0.2) is 0 Å². The molecule has 136 valence electrons. The Bertz CT molecular complexity index is 674. The molecule has 0 radical (unpaired) electrons. The summed E-state index contributed by atoms with van der Waals surface area (Å²) < 4.78 is 20.9. The van der Waals surface area contributed by atoms with Crippen molar-refractivity contribution in [2.24, 2.45) is 7.05 Å². The van der Waals surface area contributed by atoms with Gasteiger partial charge in [-0.25, -0.2) is 9.37 Å². The lowest BCUT2D eigenvalue weighted by atomic mass is 10.1. The normalized spacial score (nSPS) is 21.2. The van der Waals surface area contributed by atoms with Gasteiger partial charge in [-0.1, -0.05) is 6.07 Å². The first kappa shape index (κ1) is 17.8. The molecule has 7 heteroatoms. The van der Waals surface area contributed by atoms with Crippen molar-refractivity contribution in [3.05, 3.63) is 41.9 Å². The Hall–Kier alpha value is -1.99. The number of methoxy groups -OCH3 is 1. The molecule has 0 N–H and O–H groups in total. The fraction of sp³-hybridized carbons (Fsp3) is 0.556. The largest absolute Gasteiger partial charge is 0.481 e. The van der Waals surface area contributed by atoms with Crippen LogP contribution in [-0.2, 0) is 20.1 Å². The van der Waals surface area contributed by atoms with E-state index in [1.165, 1.54) is 0 Å². The van der Waals surface area contributed by atoms with Crippen LogP contribution in [0.25, 0.3) is 0 Å². The zero-order valence-corrected chi connectivity index (χ0v) is 15.1. The minimum Gasteiger partial charge on any atom is -0.481 e. The fourth-order valence-electron chi connectivity index (χ4n) is 3.46. The number of aromatic nitrogens is 3. The Balaban J connectivity index is 1.57. The SMILES string of the molecule is COc1ccc(CN(C)C[C@@H]2C[C@H](F)CN2Cc2cnn(C)c2)cn1. The van der Waals surface area contributed by atoms with E-state index in [0.717, 1.165) is 30.8 Å². The Morgan fingerprint density at radius 3 is 2.80 bits per heavy atom. The average molecular weight is 347 g/mol. The third-order valence-corrected chi connectivity index (χ3v) is 4.60. The number of likely N-dealkylation sites (tertiary alicyclic amines) is 1. The van der Waals surface area contributed by atoms with Crippen LogP contribution in [0.5, 0.6) is 5.88 Å². The van der Waals surface area contributed by atoms with Crippen molar-refractivity contribution >= 4 is 0 Å². The third-order valence-electron chi connectivity index (χ3n) is 4.60. The molecule has 0 spiro atoms. The fourth-order valence-corrected chi connectivity index (χ4v) is 3.46.